The van der Waals surface area contributed by atoms with Gasteiger partial charge in [-0.1, -0.05) is 40.2 Å². The van der Waals surface area contributed by atoms with E-state index < -0.39 is 30.2 Å². The lowest BCUT2D eigenvalue weighted by atomic mass is 10.2. The van der Waals surface area contributed by atoms with E-state index in [0.717, 1.165) is 14.9 Å². The molecule has 0 spiro atoms. The van der Waals surface area contributed by atoms with E-state index in [4.69, 9.17) is 4.74 Å². The highest BCUT2D eigenvalue weighted by Crippen LogP contribution is 2.36. The van der Waals surface area contributed by atoms with Crippen LogP contribution in [0.3, 0.4) is 0 Å². The third-order valence-electron chi connectivity index (χ3n) is 5.04. The van der Waals surface area contributed by atoms with E-state index in [1.165, 1.54) is 24.3 Å². The summed E-state index contributed by atoms with van der Waals surface area (Å²) in [7, 11) is 0. The SMILES string of the molecule is O=C(CN1C(=O)N/C(=C/c2cc(Br)c(OCc3ccc(Br)cc3)c(Br)c2)C1=O)Nc1ccccc1F. The number of anilines is 1. The lowest BCUT2D eigenvalue weighted by Gasteiger charge is -2.12. The fraction of sp³-hybridized carbons (Fsp3) is 0.0800. The summed E-state index contributed by atoms with van der Waals surface area (Å²) in [6.45, 7) is -0.212. The van der Waals surface area contributed by atoms with Gasteiger partial charge in [-0.15, -0.1) is 0 Å². The van der Waals surface area contributed by atoms with Crippen LogP contribution in [0.1, 0.15) is 11.1 Å². The van der Waals surface area contributed by atoms with Gasteiger partial charge in [0.1, 0.15) is 30.4 Å². The number of rotatable bonds is 7. The number of hydrogen-bond acceptors (Lipinski definition) is 4. The summed E-state index contributed by atoms with van der Waals surface area (Å²) in [5.41, 5.74) is 1.55. The highest BCUT2D eigenvalue weighted by atomic mass is 79.9. The van der Waals surface area contributed by atoms with Gasteiger partial charge in [0, 0.05) is 4.47 Å². The Morgan fingerprint density at radius 3 is 2.36 bits per heavy atom. The molecule has 1 heterocycles. The number of carbonyl (C=O) groups is 3. The lowest BCUT2D eigenvalue weighted by Crippen LogP contribution is -2.38. The summed E-state index contributed by atoms with van der Waals surface area (Å²) >= 11 is 10.4. The molecular weight excluding hydrogens is 665 g/mol. The first kappa shape index (κ1) is 26.1. The lowest BCUT2D eigenvalue weighted by molar-refractivity contribution is -0.127. The molecule has 0 saturated carbocycles. The Labute approximate surface area is 231 Å². The maximum absolute atomic E-state index is 13.8. The first-order chi connectivity index (χ1) is 17.2. The van der Waals surface area contributed by atoms with E-state index in [1.807, 2.05) is 24.3 Å². The van der Waals surface area contributed by atoms with Crippen molar-refractivity contribution in [3.8, 4) is 5.75 Å². The molecular formula is C25H17Br3FN3O4. The van der Waals surface area contributed by atoms with Crippen LogP contribution in [0.2, 0.25) is 0 Å². The molecule has 1 fully saturated rings. The molecule has 3 aromatic carbocycles. The van der Waals surface area contributed by atoms with Crippen LogP contribution >= 0.6 is 47.8 Å². The third-order valence-corrected chi connectivity index (χ3v) is 6.75. The number of nitrogens with zero attached hydrogens (tertiary/aromatic N) is 1. The highest BCUT2D eigenvalue weighted by Gasteiger charge is 2.35. The molecule has 1 aliphatic rings. The second kappa shape index (κ2) is 11.4. The van der Waals surface area contributed by atoms with Crippen LogP contribution < -0.4 is 15.4 Å². The molecule has 4 rings (SSSR count). The quantitative estimate of drug-likeness (QED) is 0.229. The molecule has 0 radical (unpaired) electrons. The number of amides is 4. The Kier molecular flexibility index (Phi) is 8.22. The second-order valence-electron chi connectivity index (χ2n) is 7.64. The average Bonchev–Trinajstić information content (AvgIpc) is 3.08. The van der Waals surface area contributed by atoms with Gasteiger partial charge >= 0.3 is 6.03 Å². The molecule has 11 heteroatoms. The zero-order chi connectivity index (χ0) is 25.8. The van der Waals surface area contributed by atoms with Crippen LogP contribution in [-0.2, 0) is 16.2 Å². The molecule has 0 unspecified atom stereocenters. The minimum Gasteiger partial charge on any atom is -0.487 e. The molecule has 36 heavy (non-hydrogen) atoms. The first-order valence-electron chi connectivity index (χ1n) is 10.5. The summed E-state index contributed by atoms with van der Waals surface area (Å²) in [6.07, 6.45) is 1.49. The Hall–Kier alpha value is -3.02. The summed E-state index contributed by atoms with van der Waals surface area (Å²) in [4.78, 5) is 38.1. The van der Waals surface area contributed by atoms with Gasteiger partial charge in [-0.25, -0.2) is 14.1 Å². The number of imide groups is 1. The van der Waals surface area contributed by atoms with Crippen molar-refractivity contribution < 1.29 is 23.5 Å². The van der Waals surface area contributed by atoms with Crippen LogP contribution in [0.5, 0.6) is 5.75 Å². The zero-order valence-corrected chi connectivity index (χ0v) is 23.1. The summed E-state index contributed by atoms with van der Waals surface area (Å²) < 4.78 is 21.9. The number of ether oxygens (including phenoxy) is 1. The van der Waals surface area contributed by atoms with Gasteiger partial charge < -0.3 is 15.4 Å². The third kappa shape index (κ3) is 6.21. The van der Waals surface area contributed by atoms with Gasteiger partial charge in [0.15, 0.2) is 0 Å². The van der Waals surface area contributed by atoms with Crippen molar-refractivity contribution in [3.63, 3.8) is 0 Å². The molecule has 7 nitrogen and oxygen atoms in total. The maximum Gasteiger partial charge on any atom is 0.329 e. The van der Waals surface area contributed by atoms with Crippen molar-refractivity contribution in [2.24, 2.45) is 0 Å². The van der Waals surface area contributed by atoms with Gasteiger partial charge in [-0.05, 0) is 85.5 Å². The molecule has 0 bridgehead atoms. The topological polar surface area (TPSA) is 87.7 Å². The molecule has 1 aliphatic heterocycles. The molecule has 2 N–H and O–H groups in total. The summed E-state index contributed by atoms with van der Waals surface area (Å²) in [5.74, 6) is -1.42. The molecule has 0 aromatic heterocycles. The Bertz CT molecular complexity index is 1360. The Balaban J connectivity index is 1.44. The predicted octanol–water partition coefficient (Wildman–Crippen LogP) is 6.22. The van der Waals surface area contributed by atoms with Crippen molar-refractivity contribution in [1.82, 2.24) is 10.2 Å². The highest BCUT2D eigenvalue weighted by molar-refractivity contribution is 9.11. The standard InChI is InChI=1S/C25H17Br3FN3O4/c26-16-7-5-14(6-8-16)13-36-23-17(27)9-15(10-18(23)28)11-21-24(34)32(25(35)31-21)12-22(33)30-20-4-2-1-3-19(20)29/h1-11H,12-13H2,(H,30,33)(H,31,35)/b21-11+. The number of nitrogens with one attached hydrogen (secondary N) is 2. The number of para-hydroxylation sites is 1. The number of hydrogen-bond donors (Lipinski definition) is 2. The van der Waals surface area contributed by atoms with Crippen LogP contribution in [0.25, 0.3) is 6.08 Å². The number of benzene rings is 3. The van der Waals surface area contributed by atoms with Crippen molar-refractivity contribution in [1.29, 1.82) is 0 Å². The van der Waals surface area contributed by atoms with Crippen molar-refractivity contribution in [2.45, 2.75) is 6.61 Å². The van der Waals surface area contributed by atoms with Crippen molar-refractivity contribution in [2.75, 3.05) is 11.9 Å². The van der Waals surface area contributed by atoms with Crippen molar-refractivity contribution in [3.05, 3.63) is 96.7 Å². The van der Waals surface area contributed by atoms with Crippen LogP contribution in [0, 0.1) is 5.82 Å². The molecule has 184 valence electrons. The molecule has 4 amide bonds. The molecule has 1 saturated heterocycles. The van der Waals surface area contributed by atoms with Crippen LogP contribution in [-0.4, -0.2) is 29.3 Å². The average molecular weight is 682 g/mol. The molecule has 0 aliphatic carbocycles. The van der Waals surface area contributed by atoms with E-state index in [9.17, 15) is 18.8 Å². The smallest absolute Gasteiger partial charge is 0.329 e. The van der Waals surface area contributed by atoms with Gasteiger partial charge in [0.25, 0.3) is 5.91 Å². The van der Waals surface area contributed by atoms with Gasteiger partial charge in [-0.3, -0.25) is 9.59 Å². The van der Waals surface area contributed by atoms with E-state index in [-0.39, 0.29) is 11.4 Å². The number of urea groups is 1. The predicted molar refractivity (Wildman–Crippen MR) is 144 cm³/mol. The first-order valence-corrected chi connectivity index (χ1v) is 12.8. The van der Waals surface area contributed by atoms with Gasteiger partial charge in [0.2, 0.25) is 5.91 Å². The molecule has 0 atom stereocenters. The van der Waals surface area contributed by atoms with E-state index in [0.29, 0.717) is 26.9 Å². The van der Waals surface area contributed by atoms with Crippen molar-refractivity contribution >= 4 is 77.4 Å². The summed E-state index contributed by atoms with van der Waals surface area (Å²) in [6, 6.07) is 16.1. The van der Waals surface area contributed by atoms with Crippen LogP contribution in [0.15, 0.2) is 79.8 Å². The second-order valence-corrected chi connectivity index (χ2v) is 10.3. The largest absolute Gasteiger partial charge is 0.487 e. The fourth-order valence-electron chi connectivity index (χ4n) is 3.31. The Morgan fingerprint density at radius 1 is 1.03 bits per heavy atom. The zero-order valence-electron chi connectivity index (χ0n) is 18.4. The van der Waals surface area contributed by atoms with E-state index in [2.05, 4.69) is 58.4 Å². The maximum atomic E-state index is 13.8. The summed E-state index contributed by atoms with van der Waals surface area (Å²) in [5, 5.41) is 4.82. The molecule has 3 aromatic rings. The number of halogens is 4. The Morgan fingerprint density at radius 2 is 1.69 bits per heavy atom. The number of carbonyl (C=O) groups excluding carboxylic acids is 3. The normalized spacial score (nSPS) is 14.2. The van der Waals surface area contributed by atoms with E-state index >= 15 is 0 Å². The van der Waals surface area contributed by atoms with Gasteiger partial charge in [-0.2, -0.15) is 0 Å². The van der Waals surface area contributed by atoms with E-state index in [1.54, 1.807) is 18.2 Å². The van der Waals surface area contributed by atoms with Gasteiger partial charge in [0.05, 0.1) is 14.6 Å². The minimum absolute atomic E-state index is 0.000947. The fourth-order valence-corrected chi connectivity index (χ4v) is 5.03. The monoisotopic (exact) mass is 679 g/mol. The van der Waals surface area contributed by atoms with Crippen LogP contribution in [0.4, 0.5) is 14.9 Å². The minimum atomic E-state index is -0.748.